The van der Waals surface area contributed by atoms with Crippen molar-refractivity contribution < 1.29 is 27.5 Å². The number of nitrogens with zero attached hydrogens (tertiary/aromatic N) is 2. The summed E-state index contributed by atoms with van der Waals surface area (Å²) >= 11 is 0. The number of benzene rings is 1. The second kappa shape index (κ2) is 7.75. The molecule has 1 aromatic heterocycles. The maximum atomic E-state index is 12.7. The number of anilines is 1. The van der Waals surface area contributed by atoms with Crippen LogP contribution in [0.4, 0.5) is 18.9 Å². The standard InChI is InChI=1S/C18H16F3N3O3/c19-18(20,21)15-6-5-12(11-22-15)16(25)23-14-4-2-1-3-13(14)17(26)24-7-9-27-10-8-24/h1-6,11H,7-10H2,(H,23,25). The van der Waals surface area contributed by atoms with Crippen LogP contribution in [0.3, 0.4) is 0 Å². The molecule has 0 spiro atoms. The summed E-state index contributed by atoms with van der Waals surface area (Å²) in [7, 11) is 0. The summed E-state index contributed by atoms with van der Waals surface area (Å²) in [5.74, 6) is -0.904. The van der Waals surface area contributed by atoms with E-state index in [9.17, 15) is 22.8 Å². The molecule has 1 N–H and O–H groups in total. The number of carbonyl (C=O) groups is 2. The van der Waals surface area contributed by atoms with Crippen LogP contribution in [0.1, 0.15) is 26.4 Å². The van der Waals surface area contributed by atoms with Crippen molar-refractivity contribution in [2.45, 2.75) is 6.18 Å². The van der Waals surface area contributed by atoms with Gasteiger partial charge in [0.1, 0.15) is 5.69 Å². The van der Waals surface area contributed by atoms with Crippen LogP contribution in [-0.4, -0.2) is 48.0 Å². The Hall–Kier alpha value is -2.94. The van der Waals surface area contributed by atoms with E-state index < -0.39 is 17.8 Å². The molecule has 27 heavy (non-hydrogen) atoms. The molecule has 1 fully saturated rings. The first kappa shape index (κ1) is 18.8. The highest BCUT2D eigenvalue weighted by Crippen LogP contribution is 2.27. The number of hydrogen-bond acceptors (Lipinski definition) is 4. The molecule has 142 valence electrons. The molecule has 1 aliphatic rings. The molecular weight excluding hydrogens is 363 g/mol. The van der Waals surface area contributed by atoms with E-state index >= 15 is 0 Å². The van der Waals surface area contributed by atoms with Crippen molar-refractivity contribution in [3.8, 4) is 0 Å². The molecule has 2 amide bonds. The Balaban J connectivity index is 1.77. The number of carbonyl (C=O) groups excluding carboxylic acids is 2. The van der Waals surface area contributed by atoms with Gasteiger partial charge in [-0.15, -0.1) is 0 Å². The van der Waals surface area contributed by atoms with Crippen LogP contribution in [0.15, 0.2) is 42.6 Å². The Morgan fingerprint density at radius 2 is 1.78 bits per heavy atom. The van der Waals surface area contributed by atoms with Crippen LogP contribution >= 0.6 is 0 Å². The van der Waals surface area contributed by atoms with Crippen molar-refractivity contribution in [3.05, 3.63) is 59.4 Å². The third kappa shape index (κ3) is 4.43. The predicted molar refractivity (Wildman–Crippen MR) is 90.4 cm³/mol. The maximum absolute atomic E-state index is 12.7. The van der Waals surface area contributed by atoms with E-state index in [0.29, 0.717) is 31.9 Å². The Bertz CT molecular complexity index is 832. The van der Waals surface area contributed by atoms with Crippen LogP contribution in [-0.2, 0) is 10.9 Å². The zero-order chi connectivity index (χ0) is 19.4. The minimum absolute atomic E-state index is 0.0448. The molecule has 2 heterocycles. The summed E-state index contributed by atoms with van der Waals surface area (Å²) in [6, 6.07) is 8.23. The molecule has 0 unspecified atom stereocenters. The molecule has 1 saturated heterocycles. The van der Waals surface area contributed by atoms with Crippen molar-refractivity contribution >= 4 is 17.5 Å². The third-order valence-electron chi connectivity index (χ3n) is 4.02. The van der Waals surface area contributed by atoms with Gasteiger partial charge in [-0.2, -0.15) is 13.2 Å². The summed E-state index contributed by atoms with van der Waals surface area (Å²) < 4.78 is 42.9. The number of hydrogen-bond donors (Lipinski definition) is 1. The van der Waals surface area contributed by atoms with E-state index in [1.165, 1.54) is 0 Å². The molecule has 0 saturated carbocycles. The summed E-state index contributed by atoms with van der Waals surface area (Å²) in [6.07, 6.45) is -3.73. The molecule has 0 atom stereocenters. The van der Waals surface area contributed by atoms with Crippen LogP contribution < -0.4 is 5.32 Å². The van der Waals surface area contributed by atoms with Crippen LogP contribution in [0, 0.1) is 0 Å². The highest BCUT2D eigenvalue weighted by atomic mass is 19.4. The zero-order valence-electron chi connectivity index (χ0n) is 14.1. The van der Waals surface area contributed by atoms with Gasteiger partial charge in [-0.1, -0.05) is 12.1 Å². The van der Waals surface area contributed by atoms with Crippen molar-refractivity contribution in [1.29, 1.82) is 0 Å². The van der Waals surface area contributed by atoms with Crippen molar-refractivity contribution in [2.75, 3.05) is 31.6 Å². The second-order valence-electron chi connectivity index (χ2n) is 5.83. The van der Waals surface area contributed by atoms with Gasteiger partial charge >= 0.3 is 6.18 Å². The topological polar surface area (TPSA) is 71.5 Å². The normalized spacial score (nSPS) is 14.7. The van der Waals surface area contributed by atoms with E-state index in [1.807, 2.05) is 0 Å². The monoisotopic (exact) mass is 379 g/mol. The SMILES string of the molecule is O=C(Nc1ccccc1C(=O)N1CCOCC1)c1ccc(C(F)(F)F)nc1. The first-order chi connectivity index (χ1) is 12.9. The van der Waals surface area contributed by atoms with E-state index in [-0.39, 0.29) is 17.2 Å². The molecule has 0 radical (unpaired) electrons. The lowest BCUT2D eigenvalue weighted by Crippen LogP contribution is -2.41. The molecule has 0 bridgehead atoms. The highest BCUT2D eigenvalue weighted by molar-refractivity contribution is 6.08. The van der Waals surface area contributed by atoms with E-state index in [0.717, 1.165) is 18.3 Å². The van der Waals surface area contributed by atoms with Crippen molar-refractivity contribution in [1.82, 2.24) is 9.88 Å². The molecule has 1 aliphatic heterocycles. The number of ether oxygens (including phenoxy) is 1. The summed E-state index contributed by atoms with van der Waals surface area (Å²) in [5, 5.41) is 2.57. The number of nitrogens with one attached hydrogen (secondary N) is 1. The van der Waals surface area contributed by atoms with E-state index in [4.69, 9.17) is 4.74 Å². The van der Waals surface area contributed by atoms with Crippen LogP contribution in [0.5, 0.6) is 0 Å². The lowest BCUT2D eigenvalue weighted by atomic mass is 10.1. The molecule has 1 aromatic carbocycles. The number of morpholine rings is 1. The second-order valence-corrected chi connectivity index (χ2v) is 5.83. The highest BCUT2D eigenvalue weighted by Gasteiger charge is 2.32. The fourth-order valence-corrected chi connectivity index (χ4v) is 2.61. The summed E-state index contributed by atoms with van der Waals surface area (Å²) in [6.45, 7) is 1.78. The first-order valence-electron chi connectivity index (χ1n) is 8.17. The average molecular weight is 379 g/mol. The molecular formula is C18H16F3N3O3. The van der Waals surface area contributed by atoms with E-state index in [2.05, 4.69) is 10.3 Å². The zero-order valence-corrected chi connectivity index (χ0v) is 14.1. The summed E-state index contributed by atoms with van der Waals surface area (Å²) in [4.78, 5) is 29.9. The Morgan fingerprint density at radius 3 is 2.41 bits per heavy atom. The van der Waals surface area contributed by atoms with Crippen LogP contribution in [0.25, 0.3) is 0 Å². The Labute approximate surface area is 152 Å². The molecule has 0 aliphatic carbocycles. The maximum Gasteiger partial charge on any atom is 0.433 e. The first-order valence-corrected chi connectivity index (χ1v) is 8.17. The van der Waals surface area contributed by atoms with Gasteiger partial charge in [0.2, 0.25) is 0 Å². The van der Waals surface area contributed by atoms with Gasteiger partial charge in [0.15, 0.2) is 0 Å². The van der Waals surface area contributed by atoms with Crippen molar-refractivity contribution in [3.63, 3.8) is 0 Å². The number of alkyl halides is 3. The smallest absolute Gasteiger partial charge is 0.378 e. The van der Waals surface area contributed by atoms with Gasteiger partial charge < -0.3 is 15.0 Å². The fourth-order valence-electron chi connectivity index (χ4n) is 2.61. The largest absolute Gasteiger partial charge is 0.433 e. The van der Waals surface area contributed by atoms with Gasteiger partial charge in [0, 0.05) is 19.3 Å². The number of rotatable bonds is 3. The van der Waals surface area contributed by atoms with E-state index in [1.54, 1.807) is 29.2 Å². The van der Waals surface area contributed by atoms with Gasteiger partial charge in [-0.25, -0.2) is 0 Å². The third-order valence-corrected chi connectivity index (χ3v) is 4.02. The fraction of sp³-hybridized carbons (Fsp3) is 0.278. The number of para-hydroxylation sites is 1. The number of pyridine rings is 1. The molecule has 3 rings (SSSR count). The minimum Gasteiger partial charge on any atom is -0.378 e. The van der Waals surface area contributed by atoms with Crippen molar-refractivity contribution in [2.24, 2.45) is 0 Å². The lowest BCUT2D eigenvalue weighted by Gasteiger charge is -2.27. The number of halogens is 3. The summed E-state index contributed by atoms with van der Waals surface area (Å²) in [5.41, 5.74) is -0.551. The van der Waals surface area contributed by atoms with Gasteiger partial charge in [-0.05, 0) is 24.3 Å². The quantitative estimate of drug-likeness (QED) is 0.890. The number of aromatic nitrogens is 1. The average Bonchev–Trinajstić information content (AvgIpc) is 2.68. The van der Waals surface area contributed by atoms with Gasteiger partial charge in [0.25, 0.3) is 11.8 Å². The predicted octanol–water partition coefficient (Wildman–Crippen LogP) is 2.83. The minimum atomic E-state index is -4.58. The molecule has 2 aromatic rings. The molecule has 9 heteroatoms. The van der Waals surface area contributed by atoms with Gasteiger partial charge in [0.05, 0.1) is 30.0 Å². The van der Waals surface area contributed by atoms with Crippen LogP contribution in [0.2, 0.25) is 0 Å². The Morgan fingerprint density at radius 1 is 1.07 bits per heavy atom. The van der Waals surface area contributed by atoms with Gasteiger partial charge in [-0.3, -0.25) is 14.6 Å². The molecule has 6 nitrogen and oxygen atoms in total. The number of amides is 2. The lowest BCUT2D eigenvalue weighted by molar-refractivity contribution is -0.141. The Kier molecular flexibility index (Phi) is 5.41.